The van der Waals surface area contributed by atoms with Crippen molar-refractivity contribution in [1.82, 2.24) is 10.2 Å². The molecule has 0 bridgehead atoms. The van der Waals surface area contributed by atoms with E-state index in [1.807, 2.05) is 6.07 Å². The van der Waals surface area contributed by atoms with Crippen molar-refractivity contribution >= 4 is 23.2 Å². The number of amides is 2. The number of ether oxygens (including phenoxy) is 2. The maximum Gasteiger partial charge on any atom is 0.313 e. The van der Waals surface area contributed by atoms with Crippen molar-refractivity contribution in [2.45, 2.75) is 6.42 Å². The van der Waals surface area contributed by atoms with Crippen LogP contribution in [0.3, 0.4) is 0 Å². The number of benzene rings is 2. The van der Waals surface area contributed by atoms with Crippen LogP contribution < -0.4 is 25.0 Å². The third kappa shape index (κ3) is 6.36. The summed E-state index contributed by atoms with van der Waals surface area (Å²) in [4.78, 5) is 29.1. The van der Waals surface area contributed by atoms with Crippen molar-refractivity contribution in [3.63, 3.8) is 0 Å². The van der Waals surface area contributed by atoms with Gasteiger partial charge in [0.05, 0.1) is 19.9 Å². The SMILES string of the molecule is COc1ccc(OC)c(NC(=O)C(=O)NCCCN2CCN(c3ccccc3)CC2)c1. The Bertz CT molecular complexity index is 867. The first-order chi connectivity index (χ1) is 15.1. The number of nitrogens with one attached hydrogen (secondary N) is 2. The van der Waals surface area contributed by atoms with Crippen LogP contribution in [0, 0.1) is 0 Å². The van der Waals surface area contributed by atoms with Crippen LogP contribution in [0.15, 0.2) is 48.5 Å². The summed E-state index contributed by atoms with van der Waals surface area (Å²) in [5.74, 6) is -0.387. The van der Waals surface area contributed by atoms with Gasteiger partial charge in [0.2, 0.25) is 0 Å². The molecule has 2 amide bonds. The van der Waals surface area contributed by atoms with Crippen LogP contribution in [0.2, 0.25) is 0 Å². The van der Waals surface area contributed by atoms with Crippen molar-refractivity contribution in [2.75, 3.05) is 63.7 Å². The zero-order valence-electron chi connectivity index (χ0n) is 18.1. The zero-order valence-corrected chi connectivity index (χ0v) is 18.1. The van der Waals surface area contributed by atoms with Crippen molar-refractivity contribution < 1.29 is 19.1 Å². The van der Waals surface area contributed by atoms with Crippen molar-refractivity contribution in [3.05, 3.63) is 48.5 Å². The highest BCUT2D eigenvalue weighted by molar-refractivity contribution is 6.39. The number of hydrogen-bond acceptors (Lipinski definition) is 6. The Balaban J connectivity index is 1.36. The van der Waals surface area contributed by atoms with Gasteiger partial charge in [-0.25, -0.2) is 0 Å². The summed E-state index contributed by atoms with van der Waals surface area (Å²) in [6.45, 7) is 5.27. The van der Waals surface area contributed by atoms with Gasteiger partial charge in [0.15, 0.2) is 0 Å². The second kappa shape index (κ2) is 11.2. The number of methoxy groups -OCH3 is 2. The fourth-order valence-electron chi connectivity index (χ4n) is 3.54. The van der Waals surface area contributed by atoms with Gasteiger partial charge in [-0.15, -0.1) is 0 Å². The van der Waals surface area contributed by atoms with E-state index in [1.165, 1.54) is 19.9 Å². The zero-order chi connectivity index (χ0) is 22.1. The van der Waals surface area contributed by atoms with E-state index in [4.69, 9.17) is 9.47 Å². The topological polar surface area (TPSA) is 83.1 Å². The molecule has 0 aromatic heterocycles. The molecule has 8 heteroatoms. The Labute approximate surface area is 183 Å². The quantitative estimate of drug-likeness (QED) is 0.496. The highest BCUT2D eigenvalue weighted by atomic mass is 16.5. The Kier molecular flexibility index (Phi) is 8.12. The van der Waals surface area contributed by atoms with Gasteiger partial charge in [-0.2, -0.15) is 0 Å². The first-order valence-corrected chi connectivity index (χ1v) is 10.4. The van der Waals surface area contributed by atoms with E-state index >= 15 is 0 Å². The van der Waals surface area contributed by atoms with E-state index in [1.54, 1.807) is 18.2 Å². The van der Waals surface area contributed by atoms with E-state index in [0.29, 0.717) is 23.7 Å². The predicted molar refractivity (Wildman–Crippen MR) is 121 cm³/mol. The Hall–Kier alpha value is -3.26. The number of carbonyl (C=O) groups is 2. The summed E-state index contributed by atoms with van der Waals surface area (Å²) in [7, 11) is 3.03. The van der Waals surface area contributed by atoms with Gasteiger partial charge in [-0.05, 0) is 37.2 Å². The normalized spacial score (nSPS) is 14.1. The molecule has 3 rings (SSSR count). The Morgan fingerprint density at radius 3 is 2.35 bits per heavy atom. The fourth-order valence-corrected chi connectivity index (χ4v) is 3.54. The lowest BCUT2D eigenvalue weighted by Crippen LogP contribution is -2.47. The second-order valence-corrected chi connectivity index (χ2v) is 7.29. The van der Waals surface area contributed by atoms with E-state index in [2.05, 4.69) is 44.7 Å². The molecule has 1 heterocycles. The molecule has 0 atom stereocenters. The van der Waals surface area contributed by atoms with Gasteiger partial charge in [0.1, 0.15) is 11.5 Å². The minimum absolute atomic E-state index is 0.387. The fraction of sp³-hybridized carbons (Fsp3) is 0.391. The molecule has 1 aliphatic rings. The van der Waals surface area contributed by atoms with Gasteiger partial charge in [-0.3, -0.25) is 14.5 Å². The van der Waals surface area contributed by atoms with Crippen molar-refractivity contribution in [1.29, 1.82) is 0 Å². The Morgan fingerprint density at radius 1 is 0.935 bits per heavy atom. The summed E-state index contributed by atoms with van der Waals surface area (Å²) in [5.41, 5.74) is 1.64. The number of para-hydroxylation sites is 1. The molecule has 166 valence electrons. The van der Waals surface area contributed by atoms with Gasteiger partial charge < -0.3 is 25.0 Å². The number of rotatable bonds is 8. The van der Waals surface area contributed by atoms with Crippen LogP contribution in [-0.4, -0.2) is 70.2 Å². The van der Waals surface area contributed by atoms with Crippen LogP contribution in [0.4, 0.5) is 11.4 Å². The third-order valence-corrected chi connectivity index (χ3v) is 5.29. The standard InChI is InChI=1S/C23H30N4O4/c1-30-19-9-10-21(31-2)20(17-19)25-23(29)22(28)24-11-6-12-26-13-15-27(16-14-26)18-7-4-3-5-8-18/h3-5,7-10,17H,6,11-16H2,1-2H3,(H,24,28)(H,25,29). The smallest absolute Gasteiger partial charge is 0.313 e. The van der Waals surface area contributed by atoms with Gasteiger partial charge in [0.25, 0.3) is 0 Å². The average Bonchev–Trinajstić information content (AvgIpc) is 2.82. The van der Waals surface area contributed by atoms with Crippen LogP contribution in [0.1, 0.15) is 6.42 Å². The molecule has 0 radical (unpaired) electrons. The van der Waals surface area contributed by atoms with Gasteiger partial charge >= 0.3 is 11.8 Å². The maximum absolute atomic E-state index is 12.2. The van der Waals surface area contributed by atoms with Crippen LogP contribution in [0.5, 0.6) is 11.5 Å². The largest absolute Gasteiger partial charge is 0.497 e. The van der Waals surface area contributed by atoms with Crippen LogP contribution in [-0.2, 0) is 9.59 Å². The predicted octanol–water partition coefficient (Wildman–Crippen LogP) is 1.97. The van der Waals surface area contributed by atoms with Gasteiger partial charge in [0, 0.05) is 44.5 Å². The first-order valence-electron chi connectivity index (χ1n) is 10.4. The lowest BCUT2D eigenvalue weighted by atomic mass is 10.2. The molecule has 2 aromatic carbocycles. The summed E-state index contributed by atoms with van der Waals surface area (Å²) < 4.78 is 10.4. The molecule has 2 aromatic rings. The minimum atomic E-state index is -0.733. The highest BCUT2D eigenvalue weighted by Gasteiger charge is 2.18. The molecule has 1 fully saturated rings. The van der Waals surface area contributed by atoms with Crippen LogP contribution >= 0.6 is 0 Å². The first kappa shape index (κ1) is 22.4. The third-order valence-electron chi connectivity index (χ3n) is 5.29. The molecule has 1 aliphatic heterocycles. The van der Waals surface area contributed by atoms with Crippen LogP contribution in [0.25, 0.3) is 0 Å². The molecule has 0 aliphatic carbocycles. The van der Waals surface area contributed by atoms with E-state index in [0.717, 1.165) is 39.1 Å². The lowest BCUT2D eigenvalue weighted by Gasteiger charge is -2.36. The number of hydrogen-bond donors (Lipinski definition) is 2. The molecule has 8 nitrogen and oxygen atoms in total. The molecule has 0 unspecified atom stereocenters. The molecule has 0 saturated carbocycles. The number of carbonyl (C=O) groups excluding carboxylic acids is 2. The monoisotopic (exact) mass is 426 g/mol. The molecule has 31 heavy (non-hydrogen) atoms. The maximum atomic E-state index is 12.2. The summed E-state index contributed by atoms with van der Waals surface area (Å²) in [6.07, 6.45) is 0.785. The van der Waals surface area contributed by atoms with Crippen molar-refractivity contribution in [3.8, 4) is 11.5 Å². The Morgan fingerprint density at radius 2 is 1.68 bits per heavy atom. The molecule has 0 spiro atoms. The second-order valence-electron chi connectivity index (χ2n) is 7.29. The minimum Gasteiger partial charge on any atom is -0.497 e. The lowest BCUT2D eigenvalue weighted by molar-refractivity contribution is -0.136. The summed E-state index contributed by atoms with van der Waals surface area (Å²) in [5, 5.41) is 5.26. The van der Waals surface area contributed by atoms with E-state index in [9.17, 15) is 9.59 Å². The molecule has 1 saturated heterocycles. The highest BCUT2D eigenvalue weighted by Crippen LogP contribution is 2.28. The van der Waals surface area contributed by atoms with E-state index in [-0.39, 0.29) is 0 Å². The molecule has 2 N–H and O–H groups in total. The molecular formula is C23H30N4O4. The number of nitrogens with zero attached hydrogens (tertiary/aromatic N) is 2. The average molecular weight is 427 g/mol. The van der Waals surface area contributed by atoms with Gasteiger partial charge in [-0.1, -0.05) is 18.2 Å². The van der Waals surface area contributed by atoms with Crippen molar-refractivity contribution in [2.24, 2.45) is 0 Å². The summed E-state index contributed by atoms with van der Waals surface area (Å²) >= 11 is 0. The number of piperazine rings is 1. The van der Waals surface area contributed by atoms with E-state index < -0.39 is 11.8 Å². The molecular weight excluding hydrogens is 396 g/mol. The number of anilines is 2. The summed E-state index contributed by atoms with van der Waals surface area (Å²) in [6, 6.07) is 15.4.